The van der Waals surface area contributed by atoms with E-state index >= 15 is 0 Å². The molecule has 5 nitrogen and oxygen atoms in total. The van der Waals surface area contributed by atoms with Crippen LogP contribution in [0.15, 0.2) is 54.6 Å². The Labute approximate surface area is 135 Å². The smallest absolute Gasteiger partial charge is 0.372 e. The fourth-order valence-electron chi connectivity index (χ4n) is 2.20. The molecular formula is C18H20O5. The Hall–Kier alpha value is -2.37. The Morgan fingerprint density at radius 2 is 1.48 bits per heavy atom. The van der Waals surface area contributed by atoms with E-state index in [1.54, 1.807) is 31.2 Å². The van der Waals surface area contributed by atoms with Crippen LogP contribution in [0.4, 0.5) is 0 Å². The maximum absolute atomic E-state index is 12.2. The number of benzene rings is 2. The van der Waals surface area contributed by atoms with Crippen LogP contribution < -0.4 is 4.74 Å². The van der Waals surface area contributed by atoms with Gasteiger partial charge in [-0.05, 0) is 43.3 Å². The Bertz CT molecular complexity index is 618. The number of hydrogen-bond donors (Lipinski definition) is 0. The number of hydrogen-bond acceptors (Lipinski definition) is 5. The van der Waals surface area contributed by atoms with Crippen LogP contribution in [0.2, 0.25) is 0 Å². The summed E-state index contributed by atoms with van der Waals surface area (Å²) in [5.74, 6) is -0.802. The average Bonchev–Trinajstić information content (AvgIpc) is 2.59. The summed E-state index contributed by atoms with van der Waals surface area (Å²) in [6.07, 6.45) is 0. The van der Waals surface area contributed by atoms with Gasteiger partial charge in [-0.3, -0.25) is 0 Å². The quantitative estimate of drug-likeness (QED) is 0.578. The Balaban J connectivity index is 2.23. The van der Waals surface area contributed by atoms with E-state index in [1.165, 1.54) is 14.2 Å². The molecule has 0 amide bonds. The maximum atomic E-state index is 12.2. The van der Waals surface area contributed by atoms with Gasteiger partial charge in [-0.25, -0.2) is 4.79 Å². The number of para-hydroxylation sites is 1. The van der Waals surface area contributed by atoms with Gasteiger partial charge in [0.2, 0.25) is 0 Å². The van der Waals surface area contributed by atoms with Crippen molar-refractivity contribution >= 4 is 5.97 Å². The highest BCUT2D eigenvalue weighted by molar-refractivity contribution is 5.79. The Morgan fingerprint density at radius 1 is 0.913 bits per heavy atom. The molecule has 0 N–H and O–H groups in total. The van der Waals surface area contributed by atoms with Crippen molar-refractivity contribution in [1.29, 1.82) is 0 Å². The minimum atomic E-state index is -1.58. The first-order chi connectivity index (χ1) is 11.2. The molecule has 0 saturated carbocycles. The first-order valence-electron chi connectivity index (χ1n) is 7.27. The van der Waals surface area contributed by atoms with Crippen LogP contribution in [0.25, 0.3) is 0 Å². The molecule has 2 rings (SSSR count). The minimum absolute atomic E-state index is 0.239. The molecule has 0 radical (unpaired) electrons. The minimum Gasteiger partial charge on any atom is -0.462 e. The Morgan fingerprint density at radius 3 is 2.00 bits per heavy atom. The second-order valence-electron chi connectivity index (χ2n) is 4.68. The van der Waals surface area contributed by atoms with Crippen LogP contribution in [0.5, 0.6) is 11.5 Å². The standard InChI is InChI=1S/C18H20O5/c1-4-22-17(19)18(20-2,21-3)14-10-12-16(13-11-14)23-15-8-6-5-7-9-15/h5-13H,4H2,1-3H3. The normalized spacial score (nSPS) is 11.1. The van der Waals surface area contributed by atoms with E-state index in [9.17, 15) is 4.79 Å². The molecular weight excluding hydrogens is 296 g/mol. The third-order valence-corrected chi connectivity index (χ3v) is 3.33. The van der Waals surface area contributed by atoms with Crippen molar-refractivity contribution in [3.63, 3.8) is 0 Å². The molecule has 23 heavy (non-hydrogen) atoms. The van der Waals surface area contributed by atoms with Gasteiger partial charge in [0.25, 0.3) is 5.79 Å². The van der Waals surface area contributed by atoms with Gasteiger partial charge in [0.1, 0.15) is 11.5 Å². The van der Waals surface area contributed by atoms with E-state index in [1.807, 2.05) is 30.3 Å². The summed E-state index contributed by atoms with van der Waals surface area (Å²) in [5.41, 5.74) is 0.529. The van der Waals surface area contributed by atoms with Gasteiger partial charge in [0.05, 0.1) is 6.61 Å². The van der Waals surface area contributed by atoms with Crippen molar-refractivity contribution in [3.8, 4) is 11.5 Å². The lowest BCUT2D eigenvalue weighted by Gasteiger charge is -2.28. The van der Waals surface area contributed by atoms with Crippen molar-refractivity contribution in [1.82, 2.24) is 0 Å². The highest BCUT2D eigenvalue weighted by atomic mass is 16.7. The van der Waals surface area contributed by atoms with Gasteiger partial charge in [-0.15, -0.1) is 0 Å². The molecule has 0 aromatic heterocycles. The monoisotopic (exact) mass is 316 g/mol. The van der Waals surface area contributed by atoms with E-state index in [0.29, 0.717) is 11.3 Å². The topological polar surface area (TPSA) is 54.0 Å². The van der Waals surface area contributed by atoms with Gasteiger partial charge in [-0.1, -0.05) is 18.2 Å². The highest BCUT2D eigenvalue weighted by Gasteiger charge is 2.43. The second-order valence-corrected chi connectivity index (χ2v) is 4.68. The summed E-state index contributed by atoms with van der Waals surface area (Å²) in [7, 11) is 2.80. The maximum Gasteiger partial charge on any atom is 0.372 e. The summed E-state index contributed by atoms with van der Waals surface area (Å²) in [4.78, 5) is 12.2. The first-order valence-corrected chi connectivity index (χ1v) is 7.27. The van der Waals surface area contributed by atoms with Gasteiger partial charge in [0.15, 0.2) is 0 Å². The van der Waals surface area contributed by atoms with E-state index < -0.39 is 11.8 Å². The molecule has 5 heteroatoms. The molecule has 0 atom stereocenters. The van der Waals surface area contributed by atoms with E-state index in [4.69, 9.17) is 18.9 Å². The molecule has 0 aliphatic rings. The van der Waals surface area contributed by atoms with Crippen molar-refractivity contribution < 1.29 is 23.7 Å². The summed E-state index contributed by atoms with van der Waals surface area (Å²) >= 11 is 0. The number of rotatable bonds is 7. The molecule has 0 spiro atoms. The van der Waals surface area contributed by atoms with Gasteiger partial charge >= 0.3 is 5.97 Å². The number of carbonyl (C=O) groups excluding carboxylic acids is 1. The van der Waals surface area contributed by atoms with Crippen LogP contribution in [0.1, 0.15) is 12.5 Å². The third kappa shape index (κ3) is 3.70. The molecule has 0 aliphatic carbocycles. The van der Waals surface area contributed by atoms with Gasteiger partial charge < -0.3 is 18.9 Å². The van der Waals surface area contributed by atoms with Crippen molar-refractivity contribution in [3.05, 3.63) is 60.2 Å². The number of carbonyl (C=O) groups is 1. The molecule has 122 valence electrons. The molecule has 2 aromatic rings. The van der Waals surface area contributed by atoms with Crippen molar-refractivity contribution in [2.75, 3.05) is 20.8 Å². The second kappa shape index (κ2) is 7.76. The summed E-state index contributed by atoms with van der Waals surface area (Å²) in [6, 6.07) is 16.3. The van der Waals surface area contributed by atoms with Gasteiger partial charge in [-0.2, -0.15) is 0 Å². The number of methoxy groups -OCH3 is 2. The fourth-order valence-corrected chi connectivity index (χ4v) is 2.20. The van der Waals surface area contributed by atoms with Crippen LogP contribution in [0.3, 0.4) is 0 Å². The van der Waals surface area contributed by atoms with Crippen LogP contribution in [-0.4, -0.2) is 26.8 Å². The van der Waals surface area contributed by atoms with Crippen LogP contribution >= 0.6 is 0 Å². The zero-order valence-electron chi connectivity index (χ0n) is 13.4. The average molecular weight is 316 g/mol. The number of ether oxygens (including phenoxy) is 4. The lowest BCUT2D eigenvalue weighted by atomic mass is 10.1. The summed E-state index contributed by atoms with van der Waals surface area (Å²) < 4.78 is 21.4. The van der Waals surface area contributed by atoms with Crippen molar-refractivity contribution in [2.24, 2.45) is 0 Å². The molecule has 0 unspecified atom stereocenters. The van der Waals surface area contributed by atoms with E-state index in [2.05, 4.69) is 0 Å². The summed E-state index contributed by atoms with van der Waals surface area (Å²) in [6.45, 7) is 1.97. The van der Waals surface area contributed by atoms with Crippen LogP contribution in [-0.2, 0) is 24.8 Å². The van der Waals surface area contributed by atoms with Crippen molar-refractivity contribution in [2.45, 2.75) is 12.7 Å². The SMILES string of the molecule is CCOC(=O)C(OC)(OC)c1ccc(Oc2ccccc2)cc1. The molecule has 0 heterocycles. The predicted octanol–water partition coefficient (Wildman–Crippen LogP) is 3.49. The molecule has 0 saturated heterocycles. The van der Waals surface area contributed by atoms with Gasteiger partial charge in [0, 0.05) is 19.8 Å². The highest BCUT2D eigenvalue weighted by Crippen LogP contribution is 2.30. The zero-order chi connectivity index (χ0) is 16.7. The van der Waals surface area contributed by atoms with E-state index in [-0.39, 0.29) is 6.61 Å². The molecule has 0 bridgehead atoms. The fraction of sp³-hybridized carbons (Fsp3) is 0.278. The first kappa shape index (κ1) is 17.0. The summed E-state index contributed by atoms with van der Waals surface area (Å²) in [5, 5.41) is 0. The van der Waals surface area contributed by atoms with Crippen LogP contribution in [0, 0.1) is 0 Å². The van der Waals surface area contributed by atoms with E-state index in [0.717, 1.165) is 5.75 Å². The zero-order valence-corrected chi connectivity index (χ0v) is 13.4. The largest absolute Gasteiger partial charge is 0.462 e. The lowest BCUT2D eigenvalue weighted by Crippen LogP contribution is -2.41. The molecule has 0 fully saturated rings. The lowest BCUT2D eigenvalue weighted by molar-refractivity contribution is -0.235. The Kier molecular flexibility index (Phi) is 5.73. The molecule has 2 aromatic carbocycles. The number of esters is 1. The predicted molar refractivity (Wildman–Crippen MR) is 85.3 cm³/mol. The third-order valence-electron chi connectivity index (χ3n) is 3.33. The molecule has 0 aliphatic heterocycles.